The zero-order valence-corrected chi connectivity index (χ0v) is 21.4. The topological polar surface area (TPSA) is 92.0 Å². The second kappa shape index (κ2) is 10.6. The van der Waals surface area contributed by atoms with Crippen molar-refractivity contribution in [3.63, 3.8) is 0 Å². The van der Waals surface area contributed by atoms with E-state index in [0.29, 0.717) is 18.0 Å². The van der Waals surface area contributed by atoms with Crippen LogP contribution in [0.15, 0.2) is 52.5 Å². The SMILES string of the molecule is CN=c1sc(N2CCCCC2C(=O)CCS(=O)(=O)c2ccc3cc(Cl)ccc3c2)cn1CCO. The maximum Gasteiger partial charge on any atom is 0.186 e. The second-order valence-electron chi connectivity index (χ2n) is 8.39. The average molecular weight is 522 g/mol. The molecule has 1 aliphatic rings. The summed E-state index contributed by atoms with van der Waals surface area (Å²) < 4.78 is 27.9. The molecular weight excluding hydrogens is 494 g/mol. The first-order chi connectivity index (χ1) is 16.3. The Kier molecular flexibility index (Phi) is 7.77. The van der Waals surface area contributed by atoms with Crippen molar-refractivity contribution in [2.75, 3.05) is 30.9 Å². The second-order valence-corrected chi connectivity index (χ2v) is 11.9. The molecule has 0 amide bonds. The maximum absolute atomic E-state index is 13.2. The average Bonchev–Trinajstić information content (AvgIpc) is 3.25. The van der Waals surface area contributed by atoms with Crippen LogP contribution in [0, 0.1) is 0 Å². The summed E-state index contributed by atoms with van der Waals surface area (Å²) in [6.07, 6.45) is 4.49. The van der Waals surface area contributed by atoms with E-state index in [2.05, 4.69) is 9.89 Å². The summed E-state index contributed by atoms with van der Waals surface area (Å²) in [5.74, 6) is -0.285. The van der Waals surface area contributed by atoms with E-state index >= 15 is 0 Å². The van der Waals surface area contributed by atoms with Crippen molar-refractivity contribution in [2.45, 2.75) is 43.2 Å². The third-order valence-electron chi connectivity index (χ3n) is 6.15. The zero-order valence-electron chi connectivity index (χ0n) is 19.0. The number of thiazole rings is 1. The van der Waals surface area contributed by atoms with Crippen LogP contribution in [0.4, 0.5) is 5.00 Å². The number of anilines is 1. The van der Waals surface area contributed by atoms with Gasteiger partial charge < -0.3 is 14.6 Å². The van der Waals surface area contributed by atoms with Gasteiger partial charge in [0.25, 0.3) is 0 Å². The highest BCUT2D eigenvalue weighted by atomic mass is 35.5. The third kappa shape index (κ3) is 5.38. The molecule has 0 saturated carbocycles. The lowest BCUT2D eigenvalue weighted by Gasteiger charge is -2.35. The molecule has 2 heterocycles. The number of benzene rings is 2. The predicted octanol–water partition coefficient (Wildman–Crippen LogP) is 3.67. The fourth-order valence-corrected chi connectivity index (χ4v) is 6.90. The molecule has 0 aliphatic carbocycles. The number of halogens is 1. The summed E-state index contributed by atoms with van der Waals surface area (Å²) in [6.45, 7) is 1.18. The van der Waals surface area contributed by atoms with E-state index in [1.165, 1.54) is 11.3 Å². The maximum atomic E-state index is 13.2. The van der Waals surface area contributed by atoms with Crippen LogP contribution in [-0.4, -0.2) is 55.9 Å². The fourth-order valence-electron chi connectivity index (χ4n) is 4.38. The molecule has 3 aromatic rings. The summed E-state index contributed by atoms with van der Waals surface area (Å²) >= 11 is 7.50. The lowest BCUT2D eigenvalue weighted by Crippen LogP contribution is -2.45. The minimum Gasteiger partial charge on any atom is -0.395 e. The van der Waals surface area contributed by atoms with Crippen LogP contribution in [0.2, 0.25) is 5.02 Å². The normalized spacial score (nSPS) is 17.4. The largest absolute Gasteiger partial charge is 0.395 e. The number of fused-ring (bicyclic) bond motifs is 1. The number of sulfone groups is 1. The molecule has 1 fully saturated rings. The molecule has 182 valence electrons. The van der Waals surface area contributed by atoms with E-state index in [4.69, 9.17) is 11.6 Å². The monoisotopic (exact) mass is 521 g/mol. The minimum atomic E-state index is -3.61. The quantitative estimate of drug-likeness (QED) is 0.488. The molecule has 4 rings (SSSR count). The van der Waals surface area contributed by atoms with Crippen LogP contribution in [0.5, 0.6) is 0 Å². The number of hydrogen-bond acceptors (Lipinski definition) is 7. The number of aliphatic hydroxyl groups excluding tert-OH is 1. The molecule has 10 heteroatoms. The van der Waals surface area contributed by atoms with E-state index in [1.54, 1.807) is 43.4 Å². The van der Waals surface area contributed by atoms with Crippen molar-refractivity contribution < 1.29 is 18.3 Å². The highest BCUT2D eigenvalue weighted by molar-refractivity contribution is 7.91. The van der Waals surface area contributed by atoms with Gasteiger partial charge in [0.05, 0.1) is 23.3 Å². The van der Waals surface area contributed by atoms with Gasteiger partial charge in [0.15, 0.2) is 20.4 Å². The number of aliphatic hydroxyl groups is 1. The van der Waals surface area contributed by atoms with E-state index in [9.17, 15) is 18.3 Å². The molecule has 1 unspecified atom stereocenters. The smallest absolute Gasteiger partial charge is 0.186 e. The predicted molar refractivity (Wildman–Crippen MR) is 137 cm³/mol. The Balaban J connectivity index is 1.50. The molecule has 0 spiro atoms. The van der Waals surface area contributed by atoms with Gasteiger partial charge in [-0.15, -0.1) is 0 Å². The molecule has 7 nitrogen and oxygen atoms in total. The van der Waals surface area contributed by atoms with Crippen molar-refractivity contribution in [1.82, 2.24) is 4.57 Å². The number of aromatic nitrogens is 1. The van der Waals surface area contributed by atoms with E-state index in [0.717, 1.165) is 40.0 Å². The van der Waals surface area contributed by atoms with Crippen LogP contribution in [0.3, 0.4) is 0 Å². The van der Waals surface area contributed by atoms with Gasteiger partial charge in [0, 0.05) is 37.8 Å². The van der Waals surface area contributed by atoms with Crippen LogP contribution in [0.1, 0.15) is 25.7 Å². The van der Waals surface area contributed by atoms with Gasteiger partial charge in [-0.2, -0.15) is 0 Å². The molecule has 34 heavy (non-hydrogen) atoms. The first kappa shape index (κ1) is 24.9. The van der Waals surface area contributed by atoms with Crippen LogP contribution < -0.4 is 9.70 Å². The van der Waals surface area contributed by atoms with E-state index in [1.807, 2.05) is 10.8 Å². The Bertz CT molecular complexity index is 1360. The van der Waals surface area contributed by atoms with E-state index < -0.39 is 9.84 Å². The highest BCUT2D eigenvalue weighted by Crippen LogP contribution is 2.29. The Morgan fingerprint density at radius 2 is 1.97 bits per heavy atom. The molecule has 0 radical (unpaired) electrons. The number of nitrogens with zero attached hydrogens (tertiary/aromatic N) is 3. The van der Waals surface area contributed by atoms with Gasteiger partial charge in [0.2, 0.25) is 0 Å². The number of rotatable bonds is 8. The van der Waals surface area contributed by atoms with Gasteiger partial charge in [-0.25, -0.2) is 8.42 Å². The van der Waals surface area contributed by atoms with Gasteiger partial charge in [0.1, 0.15) is 5.00 Å². The highest BCUT2D eigenvalue weighted by Gasteiger charge is 2.31. The Morgan fingerprint density at radius 3 is 2.74 bits per heavy atom. The number of carbonyl (C=O) groups is 1. The zero-order chi connectivity index (χ0) is 24.3. The first-order valence-electron chi connectivity index (χ1n) is 11.3. The van der Waals surface area contributed by atoms with Crippen molar-refractivity contribution in [3.05, 3.63) is 52.4 Å². The molecule has 1 saturated heterocycles. The van der Waals surface area contributed by atoms with Gasteiger partial charge in [-0.05, 0) is 54.3 Å². The van der Waals surface area contributed by atoms with Crippen molar-refractivity contribution in [2.24, 2.45) is 4.99 Å². The molecule has 1 aromatic heterocycles. The van der Waals surface area contributed by atoms with Crippen molar-refractivity contribution in [3.8, 4) is 0 Å². The molecule has 0 bridgehead atoms. The van der Waals surface area contributed by atoms with Gasteiger partial charge in [-0.3, -0.25) is 9.79 Å². The Labute approximate surface area is 208 Å². The van der Waals surface area contributed by atoms with Gasteiger partial charge >= 0.3 is 0 Å². The summed E-state index contributed by atoms with van der Waals surface area (Å²) in [4.78, 5) is 20.6. The third-order valence-corrected chi connectivity index (χ3v) is 9.25. The minimum absolute atomic E-state index is 0.00535. The first-order valence-corrected chi connectivity index (χ1v) is 14.1. The summed E-state index contributed by atoms with van der Waals surface area (Å²) in [5, 5.41) is 12.5. The lowest BCUT2D eigenvalue weighted by atomic mass is 9.97. The van der Waals surface area contributed by atoms with Crippen LogP contribution in [0.25, 0.3) is 10.8 Å². The molecule has 1 atom stereocenters. The van der Waals surface area contributed by atoms with Crippen molar-refractivity contribution >= 4 is 54.3 Å². The van der Waals surface area contributed by atoms with Gasteiger partial charge in [-0.1, -0.05) is 35.1 Å². The lowest BCUT2D eigenvalue weighted by molar-refractivity contribution is -0.120. The summed E-state index contributed by atoms with van der Waals surface area (Å²) in [7, 11) is -1.91. The van der Waals surface area contributed by atoms with Crippen LogP contribution in [-0.2, 0) is 21.2 Å². The number of piperidine rings is 1. The number of ketones is 1. The molecule has 1 aliphatic heterocycles. The van der Waals surface area contributed by atoms with Crippen LogP contribution >= 0.6 is 22.9 Å². The van der Waals surface area contributed by atoms with E-state index in [-0.39, 0.29) is 35.5 Å². The van der Waals surface area contributed by atoms with Crippen molar-refractivity contribution in [1.29, 1.82) is 0 Å². The molecule has 1 N–H and O–H groups in total. The summed E-state index contributed by atoms with van der Waals surface area (Å²) in [5.41, 5.74) is 0. The molecule has 2 aromatic carbocycles. The Morgan fingerprint density at radius 1 is 1.21 bits per heavy atom. The fraction of sp³-hybridized carbons (Fsp3) is 0.417. The number of carbonyl (C=O) groups excluding carboxylic acids is 1. The number of Topliss-reactive ketones (excluding diaryl/α,β-unsaturated/α-hetero) is 1. The standard InChI is InChI=1S/C24H28ClN3O4S2/c1-26-24-27(11-12-29)16-23(33-24)28-10-3-2-4-21(28)22(30)9-13-34(31,32)20-8-6-17-14-19(25)7-5-18(17)15-20/h5-8,14-16,21,29H,2-4,9-13H2,1H3. The summed E-state index contributed by atoms with van der Waals surface area (Å²) in [6, 6.07) is 9.92. The Hall–Kier alpha value is -2.20. The molecular formula is C24H28ClN3O4S2. The number of hydrogen-bond donors (Lipinski definition) is 1.